The summed E-state index contributed by atoms with van der Waals surface area (Å²) in [6, 6.07) is 12.2. The van der Waals surface area contributed by atoms with Crippen molar-refractivity contribution < 1.29 is 22.7 Å². The molecule has 11 heteroatoms. The third kappa shape index (κ3) is 5.60. The number of hydrogen-bond donors (Lipinski definition) is 2. The van der Waals surface area contributed by atoms with Gasteiger partial charge in [0.15, 0.2) is 0 Å². The second-order valence-corrected chi connectivity index (χ2v) is 18.5. The lowest BCUT2D eigenvalue weighted by molar-refractivity contribution is -0.138. The number of methoxy groups -OCH3 is 1. The molecule has 3 aliphatic carbocycles. The monoisotopic (exact) mass is 798 g/mol. The molecule has 3 saturated carbocycles. The Morgan fingerprint density at radius 2 is 1.73 bits per heavy atom. The smallest absolute Gasteiger partial charge is 0.264 e. The lowest BCUT2D eigenvalue weighted by Gasteiger charge is -2.32. The fraction of sp³-hybridized carbons (Fsp3) is 0.579. The SMILES string of the molecule is CNCC1CCC(I)N1C(=O)C12CC1c1cc(OC)ccc1-c1c(C3CCCCC3)c3ccc(C(=O)NS(=O)(=O)C4CCCC4)cc3n1C2. The molecule has 4 atom stereocenters. The molecule has 0 bridgehead atoms. The zero-order valence-corrected chi connectivity index (χ0v) is 31.4. The summed E-state index contributed by atoms with van der Waals surface area (Å²) in [5, 5.41) is 3.90. The van der Waals surface area contributed by atoms with Crippen molar-refractivity contribution in [2.75, 3.05) is 20.7 Å². The highest BCUT2D eigenvalue weighted by atomic mass is 127. The highest BCUT2D eigenvalue weighted by Gasteiger charge is 2.65. The molecule has 262 valence electrons. The van der Waals surface area contributed by atoms with Crippen molar-refractivity contribution in [3.8, 4) is 17.0 Å². The lowest BCUT2D eigenvalue weighted by Crippen LogP contribution is -2.48. The number of carbonyl (C=O) groups is 2. The van der Waals surface area contributed by atoms with Gasteiger partial charge < -0.3 is 19.5 Å². The molecule has 8 rings (SSSR count). The first kappa shape index (κ1) is 33.5. The van der Waals surface area contributed by atoms with E-state index in [-0.39, 0.29) is 21.9 Å². The standard InChI is InChI=1S/C38H47IN4O5S/c1-40-21-25-13-17-33(39)43(25)37(45)38-20-31(38)30-19-26(48-2)14-16-28(30)35-34(23-8-4-3-5-9-23)29-15-12-24(18-32(29)42(35)22-38)36(44)41-49(46,47)27-10-6-7-11-27/h12,14-16,18-19,23,25,27,31,33,40H,3-11,13,17,20-22H2,1-2H3,(H,41,44). The van der Waals surface area contributed by atoms with Crippen LogP contribution in [-0.2, 0) is 21.4 Å². The van der Waals surface area contributed by atoms with Gasteiger partial charge in [-0.2, -0.15) is 0 Å². The average Bonchev–Trinajstić information content (AvgIpc) is 3.37. The van der Waals surface area contributed by atoms with E-state index in [1.165, 1.54) is 30.4 Å². The van der Waals surface area contributed by atoms with Gasteiger partial charge in [-0.25, -0.2) is 13.1 Å². The van der Waals surface area contributed by atoms with Gasteiger partial charge in [-0.15, -0.1) is 0 Å². The molecule has 5 aliphatic rings. The minimum absolute atomic E-state index is 0.0572. The van der Waals surface area contributed by atoms with Gasteiger partial charge in [0.25, 0.3) is 5.91 Å². The summed E-state index contributed by atoms with van der Waals surface area (Å²) in [6.07, 6.45) is 11.4. The van der Waals surface area contributed by atoms with Gasteiger partial charge in [0, 0.05) is 47.1 Å². The molecule has 3 aromatic rings. The van der Waals surface area contributed by atoms with E-state index in [0.717, 1.165) is 79.4 Å². The van der Waals surface area contributed by atoms with Crippen LogP contribution in [0.25, 0.3) is 22.2 Å². The molecule has 49 heavy (non-hydrogen) atoms. The number of alkyl halides is 1. The molecule has 3 heterocycles. The Bertz CT molecular complexity index is 1910. The van der Waals surface area contributed by atoms with Gasteiger partial charge in [0.1, 0.15) is 5.75 Å². The maximum Gasteiger partial charge on any atom is 0.264 e. The number of nitrogens with one attached hydrogen (secondary N) is 2. The van der Waals surface area contributed by atoms with Crippen LogP contribution in [-0.4, -0.2) is 65.7 Å². The Balaban J connectivity index is 1.30. The first-order chi connectivity index (χ1) is 23.7. The molecule has 1 aromatic heterocycles. The summed E-state index contributed by atoms with van der Waals surface area (Å²) in [5.74, 6) is 0.843. The molecule has 4 fully saturated rings. The third-order valence-corrected chi connectivity index (χ3v) is 15.3. The van der Waals surface area contributed by atoms with Crippen LogP contribution in [0.3, 0.4) is 0 Å². The topological polar surface area (TPSA) is 110 Å². The second-order valence-electron chi connectivity index (χ2n) is 15.1. The minimum atomic E-state index is -3.76. The van der Waals surface area contributed by atoms with Gasteiger partial charge >= 0.3 is 0 Å². The number of sulfonamides is 1. The zero-order valence-electron chi connectivity index (χ0n) is 28.5. The van der Waals surface area contributed by atoms with Crippen LogP contribution in [0, 0.1) is 5.41 Å². The Hall–Kier alpha value is -2.64. The first-order valence-corrected chi connectivity index (χ1v) is 21.0. The van der Waals surface area contributed by atoms with Crippen molar-refractivity contribution >= 4 is 55.3 Å². The number of likely N-dealkylation sites (N-methyl/N-ethyl adjacent to an activating group) is 1. The summed E-state index contributed by atoms with van der Waals surface area (Å²) >= 11 is 2.45. The largest absolute Gasteiger partial charge is 0.497 e. The number of aromatic nitrogens is 1. The van der Waals surface area contributed by atoms with Crippen molar-refractivity contribution in [1.82, 2.24) is 19.5 Å². The van der Waals surface area contributed by atoms with Crippen molar-refractivity contribution in [2.24, 2.45) is 5.41 Å². The molecule has 2 aromatic carbocycles. The Morgan fingerprint density at radius 3 is 2.47 bits per heavy atom. The normalized spacial score (nSPS) is 27.0. The maximum absolute atomic E-state index is 15.0. The molecule has 1 saturated heterocycles. The Kier molecular flexibility index (Phi) is 8.78. The number of benzene rings is 2. The van der Waals surface area contributed by atoms with Crippen molar-refractivity contribution in [2.45, 2.75) is 111 Å². The Labute approximate surface area is 303 Å². The van der Waals surface area contributed by atoms with E-state index < -0.39 is 26.6 Å². The summed E-state index contributed by atoms with van der Waals surface area (Å²) in [4.78, 5) is 30.8. The predicted molar refractivity (Wildman–Crippen MR) is 200 cm³/mol. The fourth-order valence-electron chi connectivity index (χ4n) is 9.72. The molecule has 4 unspecified atom stereocenters. The second kappa shape index (κ2) is 12.8. The number of amides is 2. The Morgan fingerprint density at radius 1 is 0.980 bits per heavy atom. The molecule has 0 spiro atoms. The number of likely N-dealkylation sites (tertiary alicyclic amines) is 1. The van der Waals surface area contributed by atoms with Gasteiger partial charge in [0.05, 0.1) is 27.5 Å². The number of halogens is 1. The van der Waals surface area contributed by atoms with E-state index >= 15 is 4.79 Å². The number of ether oxygens (including phenoxy) is 1. The minimum Gasteiger partial charge on any atom is -0.497 e. The number of carbonyl (C=O) groups excluding carboxylic acids is 2. The molecular weight excluding hydrogens is 751 g/mol. The van der Waals surface area contributed by atoms with Crippen LogP contribution in [0.2, 0.25) is 0 Å². The maximum atomic E-state index is 15.0. The molecular formula is C38H47IN4O5S. The van der Waals surface area contributed by atoms with Gasteiger partial charge in [-0.3, -0.25) is 9.59 Å². The number of fused-ring (bicyclic) bond motifs is 7. The fourth-order valence-corrected chi connectivity index (χ4v) is 12.3. The number of hydrogen-bond acceptors (Lipinski definition) is 6. The van der Waals surface area contributed by atoms with E-state index in [4.69, 9.17) is 4.74 Å². The predicted octanol–water partition coefficient (Wildman–Crippen LogP) is 6.83. The zero-order chi connectivity index (χ0) is 34.1. The highest BCUT2D eigenvalue weighted by molar-refractivity contribution is 14.1. The summed E-state index contributed by atoms with van der Waals surface area (Å²) in [5.41, 5.74) is 5.38. The van der Waals surface area contributed by atoms with Crippen molar-refractivity contribution in [1.29, 1.82) is 0 Å². The quantitative estimate of drug-likeness (QED) is 0.147. The summed E-state index contributed by atoms with van der Waals surface area (Å²) < 4.78 is 37.0. The van der Waals surface area contributed by atoms with E-state index in [1.807, 2.05) is 25.2 Å². The van der Waals surface area contributed by atoms with E-state index in [0.29, 0.717) is 30.9 Å². The molecule has 9 nitrogen and oxygen atoms in total. The van der Waals surface area contributed by atoms with Crippen LogP contribution in [0.15, 0.2) is 36.4 Å². The van der Waals surface area contributed by atoms with Gasteiger partial charge in [-0.05, 0) is 99.4 Å². The van der Waals surface area contributed by atoms with Crippen LogP contribution < -0.4 is 14.8 Å². The van der Waals surface area contributed by atoms with Gasteiger partial charge in [-0.1, -0.05) is 60.8 Å². The van der Waals surface area contributed by atoms with E-state index in [2.05, 4.69) is 54.2 Å². The van der Waals surface area contributed by atoms with E-state index in [9.17, 15) is 13.2 Å². The van der Waals surface area contributed by atoms with Crippen LogP contribution >= 0.6 is 22.6 Å². The number of rotatable bonds is 8. The lowest BCUT2D eigenvalue weighted by atomic mass is 9.81. The van der Waals surface area contributed by atoms with Gasteiger partial charge in [0.2, 0.25) is 15.9 Å². The first-order valence-electron chi connectivity index (χ1n) is 18.2. The molecule has 0 radical (unpaired) electrons. The summed E-state index contributed by atoms with van der Waals surface area (Å²) in [6.45, 7) is 1.28. The van der Waals surface area contributed by atoms with Crippen molar-refractivity contribution in [3.05, 3.63) is 53.1 Å². The molecule has 2 amide bonds. The number of nitrogens with zero attached hydrogens (tertiary/aromatic N) is 2. The van der Waals surface area contributed by atoms with Crippen LogP contribution in [0.1, 0.15) is 110 Å². The molecule has 2 aliphatic heterocycles. The third-order valence-electron chi connectivity index (χ3n) is 12.3. The van der Waals surface area contributed by atoms with Crippen LogP contribution in [0.4, 0.5) is 0 Å². The summed E-state index contributed by atoms with van der Waals surface area (Å²) in [7, 11) is -0.117. The van der Waals surface area contributed by atoms with E-state index in [1.54, 1.807) is 13.2 Å². The van der Waals surface area contributed by atoms with Crippen molar-refractivity contribution in [3.63, 3.8) is 0 Å². The molecule has 2 N–H and O–H groups in total. The highest BCUT2D eigenvalue weighted by Crippen LogP contribution is 2.66. The van der Waals surface area contributed by atoms with Crippen LogP contribution in [0.5, 0.6) is 5.75 Å². The average molecular weight is 799 g/mol.